The van der Waals surface area contributed by atoms with Crippen LogP contribution in [0.1, 0.15) is 34.6 Å². The number of amides is 1. The summed E-state index contributed by atoms with van der Waals surface area (Å²) in [5, 5.41) is 9.04. The number of rotatable bonds is 3. The van der Waals surface area contributed by atoms with Crippen LogP contribution in [0, 0.1) is 13.8 Å². The van der Waals surface area contributed by atoms with Crippen LogP contribution in [0.4, 0.5) is 0 Å². The van der Waals surface area contributed by atoms with Crippen molar-refractivity contribution in [1.29, 1.82) is 0 Å². The maximum Gasteiger partial charge on any atom is 0.337 e. The number of aromatic carboxylic acids is 1. The van der Waals surface area contributed by atoms with E-state index in [2.05, 4.69) is 0 Å². The average molecular weight is 250 g/mol. The Kier molecular flexibility index (Phi) is 3.41. The second-order valence-electron chi connectivity index (χ2n) is 4.76. The molecular formula is C13H18N2O3. The van der Waals surface area contributed by atoms with Crippen molar-refractivity contribution in [1.82, 2.24) is 9.47 Å². The van der Waals surface area contributed by atoms with E-state index < -0.39 is 5.97 Å². The molecule has 0 spiro atoms. The van der Waals surface area contributed by atoms with Gasteiger partial charge in [0.25, 0.3) is 0 Å². The predicted molar refractivity (Wildman–Crippen MR) is 66.7 cm³/mol. The van der Waals surface area contributed by atoms with Gasteiger partial charge >= 0.3 is 5.97 Å². The van der Waals surface area contributed by atoms with Crippen LogP contribution in [0.15, 0.2) is 6.07 Å². The van der Waals surface area contributed by atoms with E-state index in [-0.39, 0.29) is 18.0 Å². The zero-order chi connectivity index (χ0) is 13.3. The van der Waals surface area contributed by atoms with Crippen molar-refractivity contribution >= 4 is 11.9 Å². The highest BCUT2D eigenvalue weighted by atomic mass is 16.4. The number of carboxylic acids is 1. The second kappa shape index (κ2) is 4.84. The Labute approximate surface area is 106 Å². The van der Waals surface area contributed by atoms with Gasteiger partial charge in [0.2, 0.25) is 5.91 Å². The lowest BCUT2D eigenvalue weighted by molar-refractivity contribution is -0.130. The predicted octanol–water partition coefficient (Wildman–Crippen LogP) is 1.43. The van der Waals surface area contributed by atoms with Crippen LogP contribution in [0.3, 0.4) is 0 Å². The van der Waals surface area contributed by atoms with Crippen LogP contribution >= 0.6 is 0 Å². The summed E-state index contributed by atoms with van der Waals surface area (Å²) in [4.78, 5) is 24.9. The number of carboxylic acid groups (broad SMARTS) is 1. The summed E-state index contributed by atoms with van der Waals surface area (Å²) in [6.45, 7) is 5.46. The first-order valence-electron chi connectivity index (χ1n) is 6.18. The van der Waals surface area contributed by atoms with Crippen molar-refractivity contribution in [2.75, 3.05) is 13.1 Å². The first-order chi connectivity index (χ1) is 8.50. The van der Waals surface area contributed by atoms with Gasteiger partial charge in [0.15, 0.2) is 0 Å². The Hall–Kier alpha value is -1.78. The van der Waals surface area contributed by atoms with E-state index >= 15 is 0 Å². The van der Waals surface area contributed by atoms with Crippen molar-refractivity contribution < 1.29 is 14.7 Å². The van der Waals surface area contributed by atoms with Gasteiger partial charge in [-0.15, -0.1) is 0 Å². The molecule has 1 N–H and O–H groups in total. The van der Waals surface area contributed by atoms with Crippen LogP contribution in [0.2, 0.25) is 0 Å². The molecule has 5 heteroatoms. The molecule has 0 atom stereocenters. The molecule has 1 fully saturated rings. The molecule has 0 aliphatic carbocycles. The monoisotopic (exact) mass is 250 g/mol. The highest BCUT2D eigenvalue weighted by Gasteiger charge is 2.21. The van der Waals surface area contributed by atoms with Crippen LogP contribution < -0.4 is 0 Å². The molecule has 1 aliphatic heterocycles. The first-order valence-corrected chi connectivity index (χ1v) is 6.18. The first kappa shape index (κ1) is 12.7. The van der Waals surface area contributed by atoms with Crippen molar-refractivity contribution in [3.05, 3.63) is 23.0 Å². The summed E-state index contributed by atoms with van der Waals surface area (Å²) in [5.41, 5.74) is 1.74. The molecule has 2 heterocycles. The molecule has 2 rings (SSSR count). The van der Waals surface area contributed by atoms with Crippen molar-refractivity contribution in [2.24, 2.45) is 0 Å². The van der Waals surface area contributed by atoms with E-state index in [9.17, 15) is 9.59 Å². The Bertz CT molecular complexity index is 485. The number of nitrogens with zero attached hydrogens (tertiary/aromatic N) is 2. The minimum atomic E-state index is -0.942. The Morgan fingerprint density at radius 1 is 1.28 bits per heavy atom. The minimum absolute atomic E-state index is 0.0752. The maximum atomic E-state index is 12.1. The van der Waals surface area contributed by atoms with Crippen LogP contribution in [-0.4, -0.2) is 39.5 Å². The van der Waals surface area contributed by atoms with Gasteiger partial charge in [-0.25, -0.2) is 4.79 Å². The summed E-state index contributed by atoms with van der Waals surface area (Å²) in [7, 11) is 0. The van der Waals surface area contributed by atoms with Crippen LogP contribution in [0.5, 0.6) is 0 Å². The fourth-order valence-corrected chi connectivity index (χ4v) is 2.46. The highest BCUT2D eigenvalue weighted by molar-refractivity contribution is 5.89. The van der Waals surface area contributed by atoms with Crippen molar-refractivity contribution in [3.8, 4) is 0 Å². The lowest BCUT2D eigenvalue weighted by Gasteiger charge is -2.17. The third-order valence-electron chi connectivity index (χ3n) is 3.56. The Balaban J connectivity index is 2.18. The van der Waals surface area contributed by atoms with Crippen LogP contribution in [0.25, 0.3) is 0 Å². The summed E-state index contributed by atoms with van der Waals surface area (Å²) in [6.07, 6.45) is 2.13. The Morgan fingerprint density at radius 3 is 2.39 bits per heavy atom. The number of carbonyl (C=O) groups excluding carboxylic acids is 1. The standard InChI is InChI=1S/C13H18N2O3/c1-9-7-11(13(17)18)10(2)15(9)8-12(16)14-5-3-4-6-14/h7H,3-6,8H2,1-2H3,(H,17,18). The van der Waals surface area contributed by atoms with Gasteiger partial charge in [-0.2, -0.15) is 0 Å². The number of aromatic nitrogens is 1. The van der Waals surface area contributed by atoms with Crippen molar-refractivity contribution in [3.63, 3.8) is 0 Å². The molecule has 98 valence electrons. The third-order valence-corrected chi connectivity index (χ3v) is 3.56. The van der Waals surface area contributed by atoms with Gasteiger partial charge in [-0.05, 0) is 32.8 Å². The number of aryl methyl sites for hydroxylation is 1. The SMILES string of the molecule is Cc1cc(C(=O)O)c(C)n1CC(=O)N1CCCC1. The summed E-state index contributed by atoms with van der Waals surface area (Å²) in [6, 6.07) is 1.62. The van der Waals surface area contributed by atoms with Gasteiger partial charge < -0.3 is 14.6 Å². The fourth-order valence-electron chi connectivity index (χ4n) is 2.46. The molecule has 1 saturated heterocycles. The van der Waals surface area contributed by atoms with Crippen molar-refractivity contribution in [2.45, 2.75) is 33.2 Å². The van der Waals surface area contributed by atoms with E-state index in [1.165, 1.54) is 0 Å². The topological polar surface area (TPSA) is 62.5 Å². The van der Waals surface area contributed by atoms with E-state index in [4.69, 9.17) is 5.11 Å². The van der Waals surface area contributed by atoms with Gasteiger partial charge in [-0.3, -0.25) is 4.79 Å². The van der Waals surface area contributed by atoms with Gasteiger partial charge in [-0.1, -0.05) is 0 Å². The smallest absolute Gasteiger partial charge is 0.337 e. The molecule has 5 nitrogen and oxygen atoms in total. The molecule has 0 unspecified atom stereocenters. The van der Waals surface area contributed by atoms with Gasteiger partial charge in [0, 0.05) is 24.5 Å². The lowest BCUT2D eigenvalue weighted by Crippen LogP contribution is -2.31. The number of likely N-dealkylation sites (tertiary alicyclic amines) is 1. The molecule has 0 radical (unpaired) electrons. The molecule has 1 aromatic heterocycles. The number of hydrogen-bond donors (Lipinski definition) is 1. The zero-order valence-electron chi connectivity index (χ0n) is 10.8. The molecular weight excluding hydrogens is 232 g/mol. The average Bonchev–Trinajstić information content (AvgIpc) is 2.92. The largest absolute Gasteiger partial charge is 0.478 e. The molecule has 0 bridgehead atoms. The van der Waals surface area contributed by atoms with E-state index in [0.29, 0.717) is 5.69 Å². The lowest BCUT2D eigenvalue weighted by atomic mass is 10.2. The highest BCUT2D eigenvalue weighted by Crippen LogP contribution is 2.16. The zero-order valence-corrected chi connectivity index (χ0v) is 10.8. The number of carbonyl (C=O) groups is 2. The quantitative estimate of drug-likeness (QED) is 0.882. The fraction of sp³-hybridized carbons (Fsp3) is 0.538. The molecule has 1 aromatic rings. The second-order valence-corrected chi connectivity index (χ2v) is 4.76. The summed E-state index contributed by atoms with van der Waals surface area (Å²) < 4.78 is 1.78. The third kappa shape index (κ3) is 2.25. The maximum absolute atomic E-state index is 12.1. The molecule has 1 amide bonds. The molecule has 0 saturated carbocycles. The summed E-state index contributed by atoms with van der Waals surface area (Å²) >= 11 is 0. The summed E-state index contributed by atoms with van der Waals surface area (Å²) in [5.74, 6) is -0.866. The van der Waals surface area contributed by atoms with E-state index in [1.807, 2.05) is 11.8 Å². The molecule has 1 aliphatic rings. The minimum Gasteiger partial charge on any atom is -0.478 e. The van der Waals surface area contributed by atoms with E-state index in [0.717, 1.165) is 31.6 Å². The van der Waals surface area contributed by atoms with Gasteiger partial charge in [0.1, 0.15) is 6.54 Å². The number of hydrogen-bond acceptors (Lipinski definition) is 2. The molecule has 18 heavy (non-hydrogen) atoms. The Morgan fingerprint density at radius 2 is 1.89 bits per heavy atom. The molecule has 0 aromatic carbocycles. The van der Waals surface area contributed by atoms with Gasteiger partial charge in [0.05, 0.1) is 5.56 Å². The normalized spacial score (nSPS) is 15.1. The van der Waals surface area contributed by atoms with Crippen LogP contribution in [-0.2, 0) is 11.3 Å². The van der Waals surface area contributed by atoms with E-state index in [1.54, 1.807) is 17.6 Å².